The van der Waals surface area contributed by atoms with E-state index in [9.17, 15) is 20.4 Å². The Balaban J connectivity index is 0.000000147. The van der Waals surface area contributed by atoms with Gasteiger partial charge in [0.1, 0.15) is 80.5 Å². The maximum Gasteiger partial charge on any atom is 0.144 e. The van der Waals surface area contributed by atoms with Crippen LogP contribution in [0.25, 0.3) is 102 Å². The highest BCUT2D eigenvalue weighted by Crippen LogP contribution is 2.43. The summed E-state index contributed by atoms with van der Waals surface area (Å²) < 4.78 is 23.4. The number of phenols is 4. The number of phenolic OH excluding ortho intramolecular Hbond substituents is 4. The lowest BCUT2D eigenvalue weighted by Gasteiger charge is -2.27. The van der Waals surface area contributed by atoms with Crippen molar-refractivity contribution in [3.05, 3.63) is 416 Å². The van der Waals surface area contributed by atoms with Gasteiger partial charge in [-0.25, -0.2) is 15.0 Å². The summed E-state index contributed by atoms with van der Waals surface area (Å²) in [6, 6.07) is 126. The van der Waals surface area contributed by atoms with Gasteiger partial charge in [-0.2, -0.15) is 0 Å². The molecule has 19 heteroatoms. The number of nitrogens with one attached hydrogen (secondary N) is 3. The van der Waals surface area contributed by atoms with Gasteiger partial charge in [0.25, 0.3) is 0 Å². The molecule has 0 aliphatic carbocycles. The molecule has 135 heavy (non-hydrogen) atoms. The number of aromatic nitrogens is 6. The number of ether oxygens (including phenoxy) is 4. The summed E-state index contributed by atoms with van der Waals surface area (Å²) in [7, 11) is 3.28. The first-order chi connectivity index (χ1) is 65.8. The summed E-state index contributed by atoms with van der Waals surface area (Å²) in [6.45, 7) is 14.5. The third-order valence-corrected chi connectivity index (χ3v) is 22.6. The molecule has 676 valence electrons. The molecule has 0 radical (unpaired) electrons. The molecule has 0 fully saturated rings. The standard InChI is InChI=1S/C45H36N4O2.C23H31NOS.C22H18N2O.C14H13NO2.C12H10N2O2/c1-5-18-32(19-6-1)40-41(33-20-7-2-8-21-33)47-44(46-40)36-26-13-15-28-38(36)50-30-17-31-51-39-29-16-14-27-37(39)45-48-42(34-22-9-3-10-23-34)43(49-45)35-24-11-4-12-25-35;1-22(2,3)18-12-17(21(25)19(13-18)23(4,5)6)15-24-14-16-10-8-9-11-20(16)26-7;1-25-19-15-9-8-14-18(19)22-23-20(16-10-4-2-5-11-16)21(24-22)17-12-6-3-7-13-17;1-17-14-9-5-3-7-12(14)15-10-11-6-2-4-8-13(11)16;15-11-7-3-1-5-9(11)13-14-10-6-2-4-8-12(10)16/h1-16,18-29H,17,30-31H2,(H,46,47)(H,48,49);8-13,15,25H,14H2,1-7H3;2-15H,1H3,(H,23,24);2-10,16H,1H3;1-8,15-16H. The minimum atomic E-state index is -0.126. The molecule has 0 aliphatic heterocycles. The van der Waals surface area contributed by atoms with Crippen LogP contribution in [0.2, 0.25) is 0 Å². The van der Waals surface area contributed by atoms with E-state index in [1.54, 1.807) is 86.8 Å². The fraction of sp³-hybridized carbons (Fsp3) is 0.129. The molecule has 0 spiro atoms. The number of aromatic hydroxyl groups is 4. The van der Waals surface area contributed by atoms with Crippen molar-refractivity contribution >= 4 is 41.3 Å². The predicted molar refractivity (Wildman–Crippen MR) is 551 cm³/mol. The largest absolute Gasteiger partial charge is 0.507 e. The minimum Gasteiger partial charge on any atom is -0.507 e. The summed E-state index contributed by atoms with van der Waals surface area (Å²) in [6.07, 6.45) is 6.20. The van der Waals surface area contributed by atoms with Gasteiger partial charge in [0.05, 0.1) is 84.8 Å². The molecule has 0 saturated heterocycles. The van der Waals surface area contributed by atoms with Crippen molar-refractivity contribution in [1.82, 2.24) is 29.9 Å². The zero-order valence-electron chi connectivity index (χ0n) is 76.9. The molecule has 0 bridgehead atoms. The topological polar surface area (TPSA) is 253 Å². The van der Waals surface area contributed by atoms with Gasteiger partial charge in [0.15, 0.2) is 0 Å². The zero-order valence-corrected chi connectivity index (χ0v) is 77.7. The highest BCUT2D eigenvalue weighted by atomic mass is 32.2. The molecule has 0 saturated carbocycles. The van der Waals surface area contributed by atoms with Crippen LogP contribution in [-0.2, 0) is 17.4 Å². The second-order valence-corrected chi connectivity index (χ2v) is 34.1. The average Bonchev–Trinajstić information content (AvgIpc) is 0.930. The molecule has 0 aliphatic rings. The van der Waals surface area contributed by atoms with E-state index >= 15 is 0 Å². The molecule has 7 N–H and O–H groups in total. The SMILES string of the molecule is COc1ccccc1-c1nc(-c2ccccc2)c(-c2ccccc2)[nH]1.COc1ccccc1N=Cc1ccccc1O.CSc1ccccc1CN=Cc1cc(C(C)(C)C)cc(C(C)(C)C)c1O.Oc1ccccc1N=Nc1ccccc1O.c1ccc(-c2nc(-c3ccccc3OCCCOc3ccccc3-c3nc(-c4ccccc4)c(-c4ccccc4)[nH]3)[nH]c2-c2ccccc2)cc1. The first kappa shape index (κ1) is 94.7. The number of benzene rings is 15. The van der Waals surface area contributed by atoms with Crippen LogP contribution in [-0.4, -0.2) is 96.4 Å². The highest BCUT2D eigenvalue weighted by molar-refractivity contribution is 7.98. The van der Waals surface area contributed by atoms with E-state index in [4.69, 9.17) is 33.9 Å². The van der Waals surface area contributed by atoms with Crippen LogP contribution in [0.5, 0.6) is 46.0 Å². The predicted octanol–water partition coefficient (Wildman–Crippen LogP) is 29.4. The van der Waals surface area contributed by atoms with Crippen molar-refractivity contribution in [2.45, 2.75) is 70.2 Å². The summed E-state index contributed by atoms with van der Waals surface area (Å²) >= 11 is 1.73. The Morgan fingerprint density at radius 2 is 0.689 bits per heavy atom. The fourth-order valence-corrected chi connectivity index (χ4v) is 15.3. The Kier molecular flexibility index (Phi) is 32.6. The van der Waals surface area contributed by atoms with Crippen LogP contribution in [0.4, 0.5) is 17.1 Å². The Morgan fingerprint density at radius 1 is 0.341 bits per heavy atom. The van der Waals surface area contributed by atoms with E-state index in [0.29, 0.717) is 54.6 Å². The van der Waals surface area contributed by atoms with Gasteiger partial charge < -0.3 is 54.3 Å². The lowest BCUT2D eigenvalue weighted by molar-refractivity contribution is 0.248. The molecule has 18 aromatic rings. The Morgan fingerprint density at radius 3 is 1.09 bits per heavy atom. The van der Waals surface area contributed by atoms with E-state index in [1.807, 2.05) is 231 Å². The molecule has 0 atom stereocenters. The normalized spacial score (nSPS) is 11.2. The van der Waals surface area contributed by atoms with Gasteiger partial charge in [-0.05, 0) is 125 Å². The van der Waals surface area contributed by atoms with Crippen molar-refractivity contribution in [2.24, 2.45) is 20.2 Å². The third-order valence-electron chi connectivity index (χ3n) is 21.8. The van der Waals surface area contributed by atoms with E-state index in [1.165, 1.54) is 28.2 Å². The lowest BCUT2D eigenvalue weighted by atomic mass is 9.79. The molecule has 18 rings (SSSR count). The summed E-state index contributed by atoms with van der Waals surface area (Å²) in [5, 5.41) is 47.0. The number of rotatable bonds is 25. The van der Waals surface area contributed by atoms with Crippen LogP contribution < -0.4 is 18.9 Å². The number of nitrogens with zero attached hydrogens (tertiary/aromatic N) is 7. The number of H-pyrrole nitrogens is 3. The minimum absolute atomic E-state index is 0.0156. The van der Waals surface area contributed by atoms with E-state index in [-0.39, 0.29) is 28.1 Å². The number of azo groups is 1. The van der Waals surface area contributed by atoms with E-state index < -0.39 is 0 Å². The fourth-order valence-electron chi connectivity index (χ4n) is 14.7. The van der Waals surface area contributed by atoms with Crippen molar-refractivity contribution in [1.29, 1.82) is 0 Å². The van der Waals surface area contributed by atoms with Crippen molar-refractivity contribution in [3.8, 4) is 148 Å². The van der Waals surface area contributed by atoms with E-state index in [0.717, 1.165) is 136 Å². The van der Waals surface area contributed by atoms with Crippen molar-refractivity contribution in [3.63, 3.8) is 0 Å². The van der Waals surface area contributed by atoms with E-state index in [2.05, 4.69) is 180 Å². The lowest BCUT2D eigenvalue weighted by Crippen LogP contribution is -2.17. The number of methoxy groups -OCH3 is 2. The first-order valence-corrected chi connectivity index (χ1v) is 45.7. The Bertz CT molecular complexity index is 6570. The number of hydrogen-bond donors (Lipinski definition) is 7. The quantitative estimate of drug-likeness (QED) is 0.0122. The number of para-hydroxylation sites is 8. The molecule has 15 aromatic carbocycles. The Labute approximate surface area is 793 Å². The summed E-state index contributed by atoms with van der Waals surface area (Å²) in [4.78, 5) is 35.9. The van der Waals surface area contributed by atoms with Crippen molar-refractivity contribution < 1.29 is 39.4 Å². The zero-order chi connectivity index (χ0) is 94.3. The second-order valence-electron chi connectivity index (χ2n) is 33.3. The maximum atomic E-state index is 10.8. The number of thioether (sulfide) groups is 1. The highest BCUT2D eigenvalue weighted by Gasteiger charge is 2.26. The number of aromatic amines is 3. The monoisotopic (exact) mass is 1800 g/mol. The molecular weight excluding hydrogens is 1690 g/mol. The third kappa shape index (κ3) is 25.2. The molecule has 3 aromatic heterocycles. The summed E-state index contributed by atoms with van der Waals surface area (Å²) in [5.74, 6) is 6.03. The van der Waals surface area contributed by atoms with Crippen LogP contribution >= 0.6 is 11.8 Å². The van der Waals surface area contributed by atoms with Gasteiger partial charge >= 0.3 is 0 Å². The summed E-state index contributed by atoms with van der Waals surface area (Å²) in [5.41, 5.74) is 21.1. The number of imidazole rings is 3. The molecule has 0 unspecified atom stereocenters. The van der Waals surface area contributed by atoms with Gasteiger partial charge in [-0.3, -0.25) is 9.98 Å². The molecule has 0 amide bonds. The van der Waals surface area contributed by atoms with Crippen LogP contribution in [0.3, 0.4) is 0 Å². The number of hydrogen-bond acceptors (Lipinski definition) is 16. The molecule has 18 nitrogen and oxygen atoms in total. The van der Waals surface area contributed by atoms with Crippen LogP contribution in [0, 0.1) is 0 Å². The smallest absolute Gasteiger partial charge is 0.144 e. The van der Waals surface area contributed by atoms with Crippen LogP contribution in [0.15, 0.2) is 413 Å². The van der Waals surface area contributed by atoms with Crippen molar-refractivity contribution in [2.75, 3.05) is 33.7 Å². The maximum absolute atomic E-state index is 10.8. The average molecular weight is 1800 g/mol. The first-order valence-electron chi connectivity index (χ1n) is 44.4. The van der Waals surface area contributed by atoms with Crippen LogP contribution in [0.1, 0.15) is 75.8 Å². The molecule has 3 heterocycles. The van der Waals surface area contributed by atoms with Gasteiger partial charge in [0, 0.05) is 73.8 Å². The second kappa shape index (κ2) is 46.4. The van der Waals surface area contributed by atoms with Gasteiger partial charge in [0.2, 0.25) is 0 Å². The van der Waals surface area contributed by atoms with Gasteiger partial charge in [-0.15, -0.1) is 22.0 Å². The number of aliphatic imine (C=N–C) groups is 2. The Hall–Kier alpha value is -16.4. The molecular formula is C116H108N10O8S. The van der Waals surface area contributed by atoms with Gasteiger partial charge in [-0.1, -0.05) is 333 Å².